The van der Waals surface area contributed by atoms with E-state index in [9.17, 15) is 0 Å². The van der Waals surface area contributed by atoms with Gasteiger partial charge < -0.3 is 5.73 Å². The van der Waals surface area contributed by atoms with Gasteiger partial charge in [-0.2, -0.15) is 0 Å². The number of imidazole rings is 1. The van der Waals surface area contributed by atoms with Crippen LogP contribution in [0.4, 0.5) is 5.95 Å². The van der Waals surface area contributed by atoms with Gasteiger partial charge in [-0.1, -0.05) is 20.3 Å². The van der Waals surface area contributed by atoms with E-state index in [1.54, 1.807) is 0 Å². The van der Waals surface area contributed by atoms with E-state index in [1.165, 1.54) is 19.3 Å². The highest BCUT2D eigenvalue weighted by Gasteiger charge is 2.34. The number of hydrogen-bond acceptors (Lipinski definition) is 3. The Bertz CT molecular complexity index is 607. The minimum Gasteiger partial charge on any atom is -0.369 e. The molecule has 3 unspecified atom stereocenters. The van der Waals surface area contributed by atoms with Crippen molar-refractivity contribution in [2.45, 2.75) is 39.2 Å². The fraction of sp³-hybridized carbons (Fsp3) is 0.571. The van der Waals surface area contributed by atoms with E-state index < -0.39 is 0 Å². The molecule has 4 nitrogen and oxygen atoms in total. The molecule has 0 saturated heterocycles. The van der Waals surface area contributed by atoms with Crippen molar-refractivity contribution in [2.24, 2.45) is 11.8 Å². The van der Waals surface area contributed by atoms with E-state index in [-0.39, 0.29) is 0 Å². The third-order valence-corrected chi connectivity index (χ3v) is 5.00. The summed E-state index contributed by atoms with van der Waals surface area (Å²) in [5, 5.41) is 0. The van der Waals surface area contributed by atoms with Gasteiger partial charge in [-0.15, -0.1) is 0 Å². The van der Waals surface area contributed by atoms with Crippen molar-refractivity contribution in [2.75, 3.05) is 5.73 Å². The second kappa shape index (κ2) is 4.78. The van der Waals surface area contributed by atoms with Crippen molar-refractivity contribution in [1.29, 1.82) is 0 Å². The van der Waals surface area contributed by atoms with Crippen LogP contribution < -0.4 is 5.73 Å². The number of nitrogen functional groups attached to an aromatic ring is 1. The molecule has 2 aromatic rings. The summed E-state index contributed by atoms with van der Waals surface area (Å²) < 4.78 is 3.08. The van der Waals surface area contributed by atoms with Crippen LogP contribution in [0.25, 0.3) is 11.2 Å². The monoisotopic (exact) mass is 322 g/mol. The van der Waals surface area contributed by atoms with Crippen LogP contribution in [0.15, 0.2) is 16.7 Å². The van der Waals surface area contributed by atoms with Crippen molar-refractivity contribution < 1.29 is 0 Å². The standard InChI is InChI=1S/C14H19BrN4/c1-3-9-4-5-12(8(9)2)19-13-11(18-14(19)16)6-10(15)7-17-13/h6-9,12H,3-5H2,1-2H3,(H2,16,18). The normalized spacial score (nSPS) is 27.2. The van der Waals surface area contributed by atoms with Gasteiger partial charge in [-0.25, -0.2) is 9.97 Å². The lowest BCUT2D eigenvalue weighted by molar-refractivity contribution is 0.335. The van der Waals surface area contributed by atoms with Gasteiger partial charge in [-0.05, 0) is 46.7 Å². The lowest BCUT2D eigenvalue weighted by atomic mass is 9.93. The lowest BCUT2D eigenvalue weighted by Gasteiger charge is -2.22. The molecule has 102 valence electrons. The number of anilines is 1. The molecule has 3 rings (SSSR count). The first-order chi connectivity index (χ1) is 9.11. The Morgan fingerprint density at radius 2 is 2.26 bits per heavy atom. The minimum atomic E-state index is 0.434. The molecular formula is C14H19BrN4. The molecule has 1 fully saturated rings. The van der Waals surface area contributed by atoms with Gasteiger partial charge in [0.15, 0.2) is 5.65 Å². The highest BCUT2D eigenvalue weighted by Crippen LogP contribution is 2.43. The number of hydrogen-bond donors (Lipinski definition) is 1. The van der Waals surface area contributed by atoms with Gasteiger partial charge in [0.05, 0.1) is 0 Å². The Labute approximate surface area is 121 Å². The second-order valence-corrected chi connectivity index (χ2v) is 6.42. The Kier molecular flexibility index (Phi) is 3.25. The zero-order valence-corrected chi connectivity index (χ0v) is 12.9. The van der Waals surface area contributed by atoms with Crippen LogP contribution in [0.3, 0.4) is 0 Å². The van der Waals surface area contributed by atoms with E-state index >= 15 is 0 Å². The molecule has 3 atom stereocenters. The lowest BCUT2D eigenvalue weighted by Crippen LogP contribution is -2.17. The molecule has 0 radical (unpaired) electrons. The Morgan fingerprint density at radius 1 is 1.47 bits per heavy atom. The van der Waals surface area contributed by atoms with Crippen LogP contribution in [0, 0.1) is 11.8 Å². The average molecular weight is 323 g/mol. The summed E-state index contributed by atoms with van der Waals surface area (Å²) in [5.41, 5.74) is 7.91. The number of aromatic nitrogens is 3. The van der Waals surface area contributed by atoms with E-state index in [0.717, 1.165) is 21.6 Å². The molecule has 1 aliphatic carbocycles. The van der Waals surface area contributed by atoms with Crippen molar-refractivity contribution in [3.63, 3.8) is 0 Å². The Balaban J connectivity index is 2.08. The number of fused-ring (bicyclic) bond motifs is 1. The van der Waals surface area contributed by atoms with Crippen LogP contribution in [0.5, 0.6) is 0 Å². The zero-order chi connectivity index (χ0) is 13.6. The largest absolute Gasteiger partial charge is 0.369 e. The molecule has 2 N–H and O–H groups in total. The molecule has 0 bridgehead atoms. The second-order valence-electron chi connectivity index (χ2n) is 5.51. The molecule has 5 heteroatoms. The Morgan fingerprint density at radius 3 is 2.95 bits per heavy atom. The molecule has 19 heavy (non-hydrogen) atoms. The van der Waals surface area contributed by atoms with Crippen LogP contribution in [-0.2, 0) is 0 Å². The summed E-state index contributed by atoms with van der Waals surface area (Å²) >= 11 is 3.43. The highest BCUT2D eigenvalue weighted by molar-refractivity contribution is 9.10. The number of rotatable bonds is 2. The predicted octanol–water partition coefficient (Wildman–Crippen LogP) is 3.77. The summed E-state index contributed by atoms with van der Waals surface area (Å²) in [7, 11) is 0. The van der Waals surface area contributed by atoms with Gasteiger partial charge >= 0.3 is 0 Å². The van der Waals surface area contributed by atoms with E-state index in [4.69, 9.17) is 5.73 Å². The van der Waals surface area contributed by atoms with Crippen LogP contribution in [0.2, 0.25) is 0 Å². The molecule has 0 spiro atoms. The van der Waals surface area contributed by atoms with Gasteiger partial charge in [0.1, 0.15) is 5.52 Å². The molecular weight excluding hydrogens is 304 g/mol. The maximum Gasteiger partial charge on any atom is 0.202 e. The summed E-state index contributed by atoms with van der Waals surface area (Å²) in [6, 6.07) is 2.41. The van der Waals surface area contributed by atoms with E-state index in [2.05, 4.69) is 44.3 Å². The maximum atomic E-state index is 6.13. The smallest absolute Gasteiger partial charge is 0.202 e. The first kappa shape index (κ1) is 12.9. The summed E-state index contributed by atoms with van der Waals surface area (Å²) in [6.07, 6.45) is 5.51. The van der Waals surface area contributed by atoms with Crippen LogP contribution in [0.1, 0.15) is 39.2 Å². The summed E-state index contributed by atoms with van der Waals surface area (Å²) in [4.78, 5) is 8.96. The first-order valence-electron chi connectivity index (χ1n) is 6.90. The number of halogens is 1. The Hall–Kier alpha value is -1.10. The first-order valence-corrected chi connectivity index (χ1v) is 7.70. The number of pyridine rings is 1. The third-order valence-electron chi connectivity index (χ3n) is 4.56. The highest BCUT2D eigenvalue weighted by atomic mass is 79.9. The summed E-state index contributed by atoms with van der Waals surface area (Å²) in [5.74, 6) is 2.02. The van der Waals surface area contributed by atoms with Gasteiger partial charge in [0.25, 0.3) is 0 Å². The van der Waals surface area contributed by atoms with Crippen molar-refractivity contribution in [1.82, 2.24) is 14.5 Å². The van der Waals surface area contributed by atoms with E-state index in [0.29, 0.717) is 17.9 Å². The maximum absolute atomic E-state index is 6.13. The van der Waals surface area contributed by atoms with E-state index in [1.807, 2.05) is 12.3 Å². The van der Waals surface area contributed by atoms with Crippen molar-refractivity contribution in [3.8, 4) is 0 Å². The molecule has 0 aliphatic heterocycles. The quantitative estimate of drug-likeness (QED) is 0.915. The summed E-state index contributed by atoms with van der Waals surface area (Å²) in [6.45, 7) is 4.60. The van der Waals surface area contributed by atoms with Crippen LogP contribution >= 0.6 is 15.9 Å². The fourth-order valence-electron chi connectivity index (χ4n) is 3.47. The SMILES string of the molecule is CCC1CCC(n2c(N)nc3cc(Br)cnc32)C1C. The van der Waals surface area contributed by atoms with Gasteiger partial charge in [0.2, 0.25) is 5.95 Å². The molecule has 0 aromatic carbocycles. The zero-order valence-electron chi connectivity index (χ0n) is 11.3. The van der Waals surface area contributed by atoms with Gasteiger partial charge in [-0.3, -0.25) is 4.57 Å². The number of nitrogens with two attached hydrogens (primary N) is 1. The van der Waals surface area contributed by atoms with Gasteiger partial charge in [0, 0.05) is 16.7 Å². The average Bonchev–Trinajstić information content (AvgIpc) is 2.88. The molecule has 1 saturated carbocycles. The van der Waals surface area contributed by atoms with Crippen LogP contribution in [-0.4, -0.2) is 14.5 Å². The number of nitrogens with zero attached hydrogens (tertiary/aromatic N) is 3. The molecule has 1 aliphatic rings. The molecule has 2 heterocycles. The van der Waals surface area contributed by atoms with Crippen molar-refractivity contribution in [3.05, 3.63) is 16.7 Å². The third kappa shape index (κ3) is 2.04. The minimum absolute atomic E-state index is 0.434. The fourth-order valence-corrected chi connectivity index (χ4v) is 3.79. The topological polar surface area (TPSA) is 56.7 Å². The van der Waals surface area contributed by atoms with Crippen molar-refractivity contribution >= 4 is 33.0 Å². The molecule has 2 aromatic heterocycles. The predicted molar refractivity (Wildman–Crippen MR) is 80.9 cm³/mol. The molecule has 0 amide bonds.